The number of thioether (sulfide) groups is 1. The van der Waals surface area contributed by atoms with E-state index in [0.29, 0.717) is 28.2 Å². The first-order valence-electron chi connectivity index (χ1n) is 9.44. The zero-order chi connectivity index (χ0) is 20.7. The molecule has 154 valence electrons. The zero-order valence-electron chi connectivity index (χ0n) is 17.4. The lowest BCUT2D eigenvalue weighted by Crippen LogP contribution is -2.45. The zero-order valence-corrected chi connectivity index (χ0v) is 18.2. The molecule has 2 aromatic rings. The number of hydrogen-bond donors (Lipinski definition) is 0. The molecule has 1 aromatic heterocycles. The van der Waals surface area contributed by atoms with Crippen LogP contribution in [-0.2, 0) is 4.79 Å². The van der Waals surface area contributed by atoms with Gasteiger partial charge in [-0.15, -0.1) is 10.2 Å². The summed E-state index contributed by atoms with van der Waals surface area (Å²) >= 11 is 1.25. The Hall–Kier alpha value is -2.22. The number of benzene rings is 1. The van der Waals surface area contributed by atoms with Crippen LogP contribution in [0.5, 0.6) is 11.5 Å². The van der Waals surface area contributed by atoms with Gasteiger partial charge in [0.2, 0.25) is 5.91 Å². The van der Waals surface area contributed by atoms with Crippen molar-refractivity contribution in [3.63, 3.8) is 0 Å². The molecule has 0 saturated carbocycles. The second-order valence-electron chi connectivity index (χ2n) is 6.54. The van der Waals surface area contributed by atoms with Crippen LogP contribution < -0.4 is 9.47 Å². The number of rotatable bonds is 10. The summed E-state index contributed by atoms with van der Waals surface area (Å²) in [6, 6.07) is 5.76. The van der Waals surface area contributed by atoms with Crippen molar-refractivity contribution in [2.24, 2.45) is 0 Å². The number of aromatic nitrogens is 2. The van der Waals surface area contributed by atoms with Gasteiger partial charge in [-0.25, -0.2) is 0 Å². The number of carbonyl (C=O) groups excluding carboxylic acids is 1. The molecule has 0 saturated heterocycles. The molecule has 0 spiro atoms. The fourth-order valence-corrected chi connectivity index (χ4v) is 3.50. The first-order chi connectivity index (χ1) is 13.4. The van der Waals surface area contributed by atoms with E-state index in [4.69, 9.17) is 13.9 Å². The van der Waals surface area contributed by atoms with E-state index in [1.165, 1.54) is 11.8 Å². The van der Waals surface area contributed by atoms with Crippen molar-refractivity contribution in [1.82, 2.24) is 15.1 Å². The number of carbonyl (C=O) groups is 1. The van der Waals surface area contributed by atoms with Gasteiger partial charge in [-0.1, -0.05) is 25.6 Å². The Morgan fingerprint density at radius 3 is 2.39 bits per heavy atom. The molecule has 2 rings (SSSR count). The molecule has 8 heteroatoms. The minimum absolute atomic E-state index is 0.0791. The maximum absolute atomic E-state index is 12.7. The van der Waals surface area contributed by atoms with E-state index in [1.54, 1.807) is 32.4 Å². The van der Waals surface area contributed by atoms with E-state index < -0.39 is 0 Å². The monoisotopic (exact) mass is 407 g/mol. The summed E-state index contributed by atoms with van der Waals surface area (Å²) in [5.41, 5.74) is 0.676. The second-order valence-corrected chi connectivity index (χ2v) is 7.47. The van der Waals surface area contributed by atoms with Crippen molar-refractivity contribution in [2.75, 3.05) is 20.0 Å². The summed E-state index contributed by atoms with van der Waals surface area (Å²) in [5.74, 6) is 1.94. The molecule has 0 fully saturated rings. The third kappa shape index (κ3) is 5.19. The lowest BCUT2D eigenvalue weighted by molar-refractivity contribution is -0.132. The summed E-state index contributed by atoms with van der Waals surface area (Å²) in [6.07, 6.45) is 1.84. The van der Waals surface area contributed by atoms with Gasteiger partial charge in [-0.3, -0.25) is 4.79 Å². The molecule has 2 atom stereocenters. The van der Waals surface area contributed by atoms with Crippen LogP contribution in [0.25, 0.3) is 11.5 Å². The maximum Gasteiger partial charge on any atom is 0.277 e. The van der Waals surface area contributed by atoms with Crippen LogP contribution >= 0.6 is 11.8 Å². The Balaban J connectivity index is 2.10. The van der Waals surface area contributed by atoms with Crippen molar-refractivity contribution in [3.8, 4) is 23.0 Å². The van der Waals surface area contributed by atoms with E-state index in [0.717, 1.165) is 12.8 Å². The smallest absolute Gasteiger partial charge is 0.277 e. The molecule has 0 unspecified atom stereocenters. The molecule has 7 nitrogen and oxygen atoms in total. The van der Waals surface area contributed by atoms with E-state index >= 15 is 0 Å². The van der Waals surface area contributed by atoms with Crippen LogP contribution in [0.15, 0.2) is 27.8 Å². The highest BCUT2D eigenvalue weighted by atomic mass is 32.2. The van der Waals surface area contributed by atoms with Gasteiger partial charge in [-0.05, 0) is 38.8 Å². The summed E-state index contributed by atoms with van der Waals surface area (Å²) in [6.45, 7) is 8.34. The van der Waals surface area contributed by atoms with E-state index in [1.807, 2.05) is 4.90 Å². The summed E-state index contributed by atoms with van der Waals surface area (Å²) in [7, 11) is 3.16. The molecule has 1 heterocycles. The van der Waals surface area contributed by atoms with Crippen LogP contribution in [0.2, 0.25) is 0 Å². The average molecular weight is 408 g/mol. The first-order valence-corrected chi connectivity index (χ1v) is 10.4. The maximum atomic E-state index is 12.7. The topological polar surface area (TPSA) is 77.7 Å². The van der Waals surface area contributed by atoms with Gasteiger partial charge in [0.25, 0.3) is 11.1 Å². The number of amides is 1. The van der Waals surface area contributed by atoms with Gasteiger partial charge < -0.3 is 18.8 Å². The van der Waals surface area contributed by atoms with E-state index in [-0.39, 0.29) is 23.7 Å². The largest absolute Gasteiger partial charge is 0.497 e. The normalized spacial score (nSPS) is 13.1. The van der Waals surface area contributed by atoms with Gasteiger partial charge in [-0.2, -0.15) is 0 Å². The van der Waals surface area contributed by atoms with Crippen LogP contribution in [0.1, 0.15) is 40.5 Å². The van der Waals surface area contributed by atoms with Crippen molar-refractivity contribution < 1.29 is 18.7 Å². The predicted molar refractivity (Wildman–Crippen MR) is 110 cm³/mol. The number of ether oxygens (including phenoxy) is 2. The van der Waals surface area contributed by atoms with Crippen molar-refractivity contribution in [1.29, 1.82) is 0 Å². The highest BCUT2D eigenvalue weighted by molar-refractivity contribution is 7.99. The lowest BCUT2D eigenvalue weighted by Gasteiger charge is -2.33. The molecule has 28 heavy (non-hydrogen) atoms. The molecule has 1 aromatic carbocycles. The van der Waals surface area contributed by atoms with Crippen LogP contribution in [0.3, 0.4) is 0 Å². The molecule has 0 aliphatic rings. The summed E-state index contributed by atoms with van der Waals surface area (Å²) in [4.78, 5) is 14.7. The predicted octanol–water partition coefficient (Wildman–Crippen LogP) is 4.27. The molecular formula is C20H29N3O4S. The quantitative estimate of drug-likeness (QED) is 0.544. The van der Waals surface area contributed by atoms with Gasteiger partial charge in [0.15, 0.2) is 0 Å². The van der Waals surface area contributed by atoms with Gasteiger partial charge in [0, 0.05) is 18.2 Å². The molecule has 1 amide bonds. The third-order valence-electron chi connectivity index (χ3n) is 4.78. The minimum atomic E-state index is 0.0791. The Bertz CT molecular complexity index is 771. The van der Waals surface area contributed by atoms with Crippen molar-refractivity contribution >= 4 is 17.7 Å². The molecule has 0 aliphatic heterocycles. The minimum Gasteiger partial charge on any atom is -0.497 e. The Labute approximate surface area is 170 Å². The van der Waals surface area contributed by atoms with Crippen LogP contribution in [0, 0.1) is 0 Å². The number of hydrogen-bond acceptors (Lipinski definition) is 7. The van der Waals surface area contributed by atoms with E-state index in [9.17, 15) is 4.79 Å². The Kier molecular flexibility index (Phi) is 8.17. The summed E-state index contributed by atoms with van der Waals surface area (Å²) < 4.78 is 16.3. The standard InChI is InChI=1S/C20H29N3O4S/c1-7-13(3)23(14(4)8-2)18(24)12-28-20-22-21-19(27-20)16-10-9-15(25-5)11-17(16)26-6/h9-11,13-14H,7-8,12H2,1-6H3/t13-,14-/m1/s1. The van der Waals surface area contributed by atoms with Crippen molar-refractivity contribution in [3.05, 3.63) is 18.2 Å². The number of methoxy groups -OCH3 is 2. The average Bonchev–Trinajstić information content (AvgIpc) is 3.20. The molecule has 0 aliphatic carbocycles. The molecule has 0 bridgehead atoms. The fraction of sp³-hybridized carbons (Fsp3) is 0.550. The number of nitrogens with zero attached hydrogens (tertiary/aromatic N) is 3. The fourth-order valence-electron chi connectivity index (χ4n) is 2.87. The highest BCUT2D eigenvalue weighted by Crippen LogP contribution is 2.33. The van der Waals surface area contributed by atoms with Crippen molar-refractivity contribution in [2.45, 2.75) is 57.8 Å². The van der Waals surface area contributed by atoms with Crippen LogP contribution in [0.4, 0.5) is 0 Å². The SMILES string of the molecule is CC[C@@H](C)N(C(=O)CSc1nnc(-c2ccc(OC)cc2OC)o1)[C@H](C)CC. The van der Waals surface area contributed by atoms with Gasteiger partial charge in [0.05, 0.1) is 25.5 Å². The lowest BCUT2D eigenvalue weighted by atomic mass is 10.1. The Morgan fingerprint density at radius 1 is 1.14 bits per heavy atom. The van der Waals surface area contributed by atoms with Crippen LogP contribution in [-0.4, -0.2) is 53.1 Å². The second kappa shape index (κ2) is 10.4. The summed E-state index contributed by atoms with van der Waals surface area (Å²) in [5, 5.41) is 8.51. The molecule has 0 radical (unpaired) electrons. The molecular weight excluding hydrogens is 378 g/mol. The molecule has 0 N–H and O–H groups in total. The van der Waals surface area contributed by atoms with E-state index in [2.05, 4.69) is 37.9 Å². The highest BCUT2D eigenvalue weighted by Gasteiger charge is 2.24. The van der Waals surface area contributed by atoms with Gasteiger partial charge in [0.1, 0.15) is 11.5 Å². The Morgan fingerprint density at radius 2 is 1.82 bits per heavy atom. The third-order valence-corrected chi connectivity index (χ3v) is 5.59. The van der Waals surface area contributed by atoms with Gasteiger partial charge >= 0.3 is 0 Å². The first kappa shape index (κ1) is 22.1.